The van der Waals surface area contributed by atoms with E-state index < -0.39 is 0 Å². The molecule has 3 rings (SSSR count). The van der Waals surface area contributed by atoms with E-state index >= 15 is 0 Å². The molecule has 33 heavy (non-hydrogen) atoms. The van der Waals surface area contributed by atoms with Crippen molar-refractivity contribution < 1.29 is 18.9 Å². The average Bonchev–Trinajstić information content (AvgIpc) is 3.06. The number of halogens is 4. The van der Waals surface area contributed by atoms with Gasteiger partial charge in [-0.15, -0.1) is 0 Å². The fraction of sp³-hybridized carbons (Fsp3) is 0.520. The van der Waals surface area contributed by atoms with Crippen LogP contribution in [0.15, 0.2) is 45.3 Å². The van der Waals surface area contributed by atoms with Gasteiger partial charge in [0.2, 0.25) is 0 Å². The van der Waals surface area contributed by atoms with Crippen LogP contribution < -0.4 is 0 Å². The van der Waals surface area contributed by atoms with Crippen LogP contribution in [0.4, 0.5) is 0 Å². The van der Waals surface area contributed by atoms with E-state index in [1.807, 2.05) is 0 Å². The van der Waals surface area contributed by atoms with E-state index in [-0.39, 0.29) is 5.41 Å². The summed E-state index contributed by atoms with van der Waals surface area (Å²) in [5.74, 6) is 0. The highest BCUT2D eigenvalue weighted by atomic mass is 79.9. The van der Waals surface area contributed by atoms with Crippen molar-refractivity contribution in [3.63, 3.8) is 0 Å². The second kappa shape index (κ2) is 14.7. The fourth-order valence-electron chi connectivity index (χ4n) is 4.35. The van der Waals surface area contributed by atoms with Crippen LogP contribution in [0.2, 0.25) is 0 Å². The minimum atomic E-state index is -0.175. The van der Waals surface area contributed by atoms with Gasteiger partial charge in [0.15, 0.2) is 0 Å². The molecule has 0 saturated heterocycles. The summed E-state index contributed by atoms with van der Waals surface area (Å²) in [6.07, 6.45) is 1.75. The van der Waals surface area contributed by atoms with Crippen LogP contribution in [0, 0.1) is 0 Å². The van der Waals surface area contributed by atoms with E-state index in [1.165, 1.54) is 22.3 Å². The smallest absolute Gasteiger partial charge is 0.0700 e. The Hall–Kier alpha value is 0.200. The van der Waals surface area contributed by atoms with Crippen LogP contribution in [0.1, 0.15) is 24.0 Å². The molecule has 0 unspecified atom stereocenters. The molecule has 1 aliphatic rings. The second-order valence-electron chi connectivity index (χ2n) is 7.79. The fourth-order valence-corrected chi connectivity index (χ4v) is 5.53. The van der Waals surface area contributed by atoms with E-state index in [0.29, 0.717) is 52.9 Å². The number of rotatable bonds is 16. The van der Waals surface area contributed by atoms with Crippen molar-refractivity contribution in [2.45, 2.75) is 18.3 Å². The Kier molecular flexibility index (Phi) is 12.4. The zero-order chi connectivity index (χ0) is 23.5. The quantitative estimate of drug-likeness (QED) is 0.137. The van der Waals surface area contributed by atoms with Crippen molar-refractivity contribution in [3.05, 3.63) is 56.5 Å². The molecule has 0 radical (unpaired) electrons. The topological polar surface area (TPSA) is 36.9 Å². The van der Waals surface area contributed by atoms with Crippen LogP contribution in [-0.2, 0) is 24.4 Å². The van der Waals surface area contributed by atoms with Gasteiger partial charge in [-0.1, -0.05) is 75.9 Å². The maximum atomic E-state index is 6.00. The van der Waals surface area contributed by atoms with Gasteiger partial charge < -0.3 is 18.9 Å². The van der Waals surface area contributed by atoms with E-state index in [2.05, 4.69) is 100 Å². The van der Waals surface area contributed by atoms with Crippen molar-refractivity contribution >= 4 is 63.7 Å². The van der Waals surface area contributed by atoms with Crippen molar-refractivity contribution in [2.75, 3.05) is 63.5 Å². The van der Waals surface area contributed by atoms with Crippen LogP contribution in [-0.4, -0.2) is 63.5 Å². The summed E-state index contributed by atoms with van der Waals surface area (Å²) in [5.41, 5.74) is 5.08. The number of hydrogen-bond donors (Lipinski definition) is 0. The summed E-state index contributed by atoms with van der Waals surface area (Å²) in [6.45, 7) is 5.14. The van der Waals surface area contributed by atoms with Crippen LogP contribution in [0.5, 0.6) is 0 Å². The van der Waals surface area contributed by atoms with Gasteiger partial charge in [-0.2, -0.15) is 0 Å². The van der Waals surface area contributed by atoms with Gasteiger partial charge in [0, 0.05) is 38.2 Å². The molecule has 0 aliphatic heterocycles. The van der Waals surface area contributed by atoms with Crippen LogP contribution in [0.3, 0.4) is 0 Å². The van der Waals surface area contributed by atoms with Crippen LogP contribution >= 0.6 is 63.7 Å². The lowest BCUT2D eigenvalue weighted by atomic mass is 9.73. The zero-order valence-corrected chi connectivity index (χ0v) is 24.9. The predicted octanol–water partition coefficient (Wildman–Crippen LogP) is 7.11. The normalized spacial score (nSPS) is 13.8. The standard InChI is InChI=1S/C25H30Br4O4/c26-7-11-32-15-13-30-9-5-25(6-10-31-14-16-33-12-8-27)23-17-19(28)1-3-21(23)22-4-2-20(29)18-24(22)25/h1-4,17-18H,5-16H2. The summed E-state index contributed by atoms with van der Waals surface area (Å²) in [4.78, 5) is 0. The molecule has 0 fully saturated rings. The maximum absolute atomic E-state index is 6.00. The third-order valence-corrected chi connectivity index (χ3v) is 7.45. The molecule has 2 aromatic carbocycles. The van der Waals surface area contributed by atoms with Gasteiger partial charge in [-0.25, -0.2) is 0 Å². The number of ether oxygens (including phenoxy) is 4. The lowest BCUT2D eigenvalue weighted by Gasteiger charge is -2.32. The zero-order valence-electron chi connectivity index (χ0n) is 18.6. The lowest BCUT2D eigenvalue weighted by molar-refractivity contribution is 0.0365. The summed E-state index contributed by atoms with van der Waals surface area (Å²) in [6, 6.07) is 13.2. The molecule has 0 bridgehead atoms. The van der Waals surface area contributed by atoms with E-state index in [4.69, 9.17) is 18.9 Å². The highest BCUT2D eigenvalue weighted by molar-refractivity contribution is 9.11. The van der Waals surface area contributed by atoms with Crippen molar-refractivity contribution in [1.82, 2.24) is 0 Å². The summed E-state index contributed by atoms with van der Waals surface area (Å²) < 4.78 is 25.2. The summed E-state index contributed by atoms with van der Waals surface area (Å²) in [7, 11) is 0. The lowest BCUT2D eigenvalue weighted by Crippen LogP contribution is -2.29. The van der Waals surface area contributed by atoms with Gasteiger partial charge in [0.1, 0.15) is 0 Å². The third-order valence-electron chi connectivity index (χ3n) is 5.82. The first-order chi connectivity index (χ1) is 16.1. The largest absolute Gasteiger partial charge is 0.379 e. The first-order valence-electron chi connectivity index (χ1n) is 11.2. The average molecular weight is 714 g/mol. The molecular weight excluding hydrogens is 684 g/mol. The first kappa shape index (κ1) is 27.8. The minimum Gasteiger partial charge on any atom is -0.379 e. The van der Waals surface area contributed by atoms with Crippen molar-refractivity contribution in [3.8, 4) is 11.1 Å². The van der Waals surface area contributed by atoms with Gasteiger partial charge in [0.25, 0.3) is 0 Å². The predicted molar refractivity (Wildman–Crippen MR) is 148 cm³/mol. The number of fused-ring (bicyclic) bond motifs is 3. The monoisotopic (exact) mass is 710 g/mol. The Morgan fingerprint density at radius 3 is 1.33 bits per heavy atom. The Morgan fingerprint density at radius 1 is 0.545 bits per heavy atom. The molecule has 4 nitrogen and oxygen atoms in total. The van der Waals surface area contributed by atoms with Crippen molar-refractivity contribution in [2.24, 2.45) is 0 Å². The van der Waals surface area contributed by atoms with E-state index in [0.717, 1.165) is 32.4 Å². The van der Waals surface area contributed by atoms with Gasteiger partial charge >= 0.3 is 0 Å². The molecule has 0 heterocycles. The Bertz CT molecular complexity index is 806. The van der Waals surface area contributed by atoms with Gasteiger partial charge in [0.05, 0.1) is 39.6 Å². The van der Waals surface area contributed by atoms with Crippen LogP contribution in [0.25, 0.3) is 11.1 Å². The minimum absolute atomic E-state index is 0.175. The Morgan fingerprint density at radius 2 is 0.939 bits per heavy atom. The Balaban J connectivity index is 1.77. The van der Waals surface area contributed by atoms with Gasteiger partial charge in [-0.05, 0) is 59.4 Å². The molecule has 2 aromatic rings. The highest BCUT2D eigenvalue weighted by Crippen LogP contribution is 2.54. The molecule has 0 atom stereocenters. The molecule has 0 amide bonds. The molecule has 0 N–H and O–H groups in total. The highest BCUT2D eigenvalue weighted by Gasteiger charge is 2.43. The molecule has 8 heteroatoms. The molecule has 0 aromatic heterocycles. The number of alkyl halides is 2. The van der Waals surface area contributed by atoms with Crippen molar-refractivity contribution in [1.29, 1.82) is 0 Å². The first-order valence-corrected chi connectivity index (χ1v) is 15.0. The molecule has 182 valence electrons. The van der Waals surface area contributed by atoms with E-state index in [1.54, 1.807) is 0 Å². The molecular formula is C25H30Br4O4. The third kappa shape index (κ3) is 7.59. The second-order valence-corrected chi connectivity index (χ2v) is 11.2. The maximum Gasteiger partial charge on any atom is 0.0700 e. The van der Waals surface area contributed by atoms with E-state index in [9.17, 15) is 0 Å². The molecule has 0 saturated carbocycles. The molecule has 1 aliphatic carbocycles. The SMILES string of the molecule is BrCCOCCOCCC1(CCOCCOCCBr)c2cc(Br)ccc2-c2ccc(Br)cc21. The Labute approximate surface area is 230 Å². The van der Waals surface area contributed by atoms with Gasteiger partial charge in [-0.3, -0.25) is 0 Å². The summed E-state index contributed by atoms with van der Waals surface area (Å²) in [5, 5.41) is 1.68. The molecule has 0 spiro atoms. The number of benzene rings is 2. The number of hydrogen-bond acceptors (Lipinski definition) is 4. The summed E-state index contributed by atoms with van der Waals surface area (Å²) >= 11 is 14.2.